The van der Waals surface area contributed by atoms with Gasteiger partial charge in [0.2, 0.25) is 0 Å². The maximum atomic E-state index is 13.6. The molecule has 0 aliphatic carbocycles. The summed E-state index contributed by atoms with van der Waals surface area (Å²) in [5, 5.41) is 0. The van der Waals surface area contributed by atoms with E-state index in [2.05, 4.69) is 6.92 Å². The van der Waals surface area contributed by atoms with E-state index in [0.29, 0.717) is 12.5 Å². The van der Waals surface area contributed by atoms with Crippen molar-refractivity contribution in [3.05, 3.63) is 29.6 Å². The Morgan fingerprint density at radius 2 is 2.00 bits per heavy atom. The van der Waals surface area contributed by atoms with Crippen LogP contribution in [-0.2, 0) is 9.05 Å². The number of carbonyl (C=O) groups is 1. The van der Waals surface area contributed by atoms with Gasteiger partial charge in [0.1, 0.15) is 5.82 Å². The van der Waals surface area contributed by atoms with Gasteiger partial charge in [-0.25, -0.2) is 12.8 Å². The predicted molar refractivity (Wildman–Crippen MR) is 78.3 cm³/mol. The van der Waals surface area contributed by atoms with Crippen molar-refractivity contribution >= 4 is 25.6 Å². The van der Waals surface area contributed by atoms with Gasteiger partial charge in [0.15, 0.2) is 0 Å². The molecule has 0 radical (unpaired) electrons. The first-order chi connectivity index (χ1) is 9.70. The lowest BCUT2D eigenvalue weighted by molar-refractivity contribution is 0.0550. The van der Waals surface area contributed by atoms with E-state index in [1.165, 1.54) is 0 Å². The average Bonchev–Trinajstić information content (AvgIpc) is 2.39. The minimum absolute atomic E-state index is 0.00942. The number of nitrogens with zero attached hydrogens (tertiary/aromatic N) is 1. The lowest BCUT2D eigenvalue weighted by atomic mass is 9.91. The van der Waals surface area contributed by atoms with Gasteiger partial charge in [-0.2, -0.15) is 0 Å². The van der Waals surface area contributed by atoms with Crippen LogP contribution in [0.25, 0.3) is 0 Å². The van der Waals surface area contributed by atoms with Crippen LogP contribution in [0.5, 0.6) is 0 Å². The van der Waals surface area contributed by atoms with Crippen LogP contribution in [0.2, 0.25) is 0 Å². The summed E-state index contributed by atoms with van der Waals surface area (Å²) in [7, 11) is 1.15. The molecule has 0 N–H and O–H groups in total. The largest absolute Gasteiger partial charge is 0.336 e. The molecule has 0 bridgehead atoms. The van der Waals surface area contributed by atoms with Gasteiger partial charge in [0.25, 0.3) is 15.0 Å². The molecule has 0 spiro atoms. The third kappa shape index (κ3) is 3.55. The average molecular weight is 334 g/mol. The third-order valence-corrected chi connectivity index (χ3v) is 5.37. The third-order valence-electron chi connectivity index (χ3n) is 4.03. The molecule has 0 saturated carbocycles. The van der Waals surface area contributed by atoms with Crippen molar-refractivity contribution in [1.82, 2.24) is 4.90 Å². The molecule has 7 heteroatoms. The highest BCUT2D eigenvalue weighted by molar-refractivity contribution is 8.13. The van der Waals surface area contributed by atoms with Gasteiger partial charge in [-0.15, -0.1) is 0 Å². The van der Waals surface area contributed by atoms with Crippen molar-refractivity contribution in [2.24, 2.45) is 5.92 Å². The first kappa shape index (κ1) is 16.2. The Bertz CT molecular complexity index is 662. The molecule has 1 saturated heterocycles. The molecule has 2 unspecified atom stereocenters. The van der Waals surface area contributed by atoms with E-state index in [9.17, 15) is 17.6 Å². The number of piperidine rings is 1. The van der Waals surface area contributed by atoms with E-state index < -0.39 is 19.8 Å². The highest BCUT2D eigenvalue weighted by Crippen LogP contribution is 2.26. The fraction of sp³-hybridized carbons (Fsp3) is 0.500. The minimum atomic E-state index is -4.07. The van der Waals surface area contributed by atoms with Crippen molar-refractivity contribution in [1.29, 1.82) is 0 Å². The quantitative estimate of drug-likeness (QED) is 0.782. The van der Waals surface area contributed by atoms with Crippen molar-refractivity contribution in [2.45, 2.75) is 37.6 Å². The lowest BCUT2D eigenvalue weighted by Gasteiger charge is -2.38. The van der Waals surface area contributed by atoms with Crippen LogP contribution in [0.4, 0.5) is 4.39 Å². The number of hydrogen-bond acceptors (Lipinski definition) is 3. The van der Waals surface area contributed by atoms with Crippen molar-refractivity contribution in [2.75, 3.05) is 6.54 Å². The Balaban J connectivity index is 2.37. The van der Waals surface area contributed by atoms with Crippen LogP contribution in [0.15, 0.2) is 23.1 Å². The molecule has 4 nitrogen and oxygen atoms in total. The van der Waals surface area contributed by atoms with E-state index >= 15 is 0 Å². The molecule has 1 heterocycles. The lowest BCUT2D eigenvalue weighted by Crippen LogP contribution is -2.46. The predicted octanol–water partition coefficient (Wildman–Crippen LogP) is 3.01. The topological polar surface area (TPSA) is 54.5 Å². The first-order valence-electron chi connectivity index (χ1n) is 6.76. The van der Waals surface area contributed by atoms with E-state index in [0.717, 1.165) is 31.0 Å². The number of amides is 1. The van der Waals surface area contributed by atoms with E-state index in [1.54, 1.807) is 4.90 Å². The summed E-state index contributed by atoms with van der Waals surface area (Å²) in [6, 6.07) is 3.01. The van der Waals surface area contributed by atoms with Gasteiger partial charge >= 0.3 is 0 Å². The second kappa shape index (κ2) is 5.93. The highest BCUT2D eigenvalue weighted by Gasteiger charge is 2.29. The van der Waals surface area contributed by atoms with E-state index in [-0.39, 0.29) is 17.5 Å². The molecular formula is C14H17ClFNO3S. The molecule has 2 atom stereocenters. The van der Waals surface area contributed by atoms with E-state index in [1.807, 2.05) is 6.92 Å². The Morgan fingerprint density at radius 3 is 2.62 bits per heavy atom. The van der Waals surface area contributed by atoms with Gasteiger partial charge in [-0.3, -0.25) is 4.79 Å². The number of benzene rings is 1. The molecule has 1 aromatic carbocycles. The normalized spacial score (nSPS) is 23.1. The zero-order valence-electron chi connectivity index (χ0n) is 11.8. The van der Waals surface area contributed by atoms with Gasteiger partial charge < -0.3 is 4.90 Å². The van der Waals surface area contributed by atoms with E-state index in [4.69, 9.17) is 10.7 Å². The van der Waals surface area contributed by atoms with Gasteiger partial charge in [0.05, 0.1) is 4.90 Å². The summed E-state index contributed by atoms with van der Waals surface area (Å²) in [5.74, 6) is -0.805. The maximum Gasteiger partial charge on any atom is 0.261 e. The van der Waals surface area contributed by atoms with Crippen molar-refractivity contribution in [3.8, 4) is 0 Å². The number of carbonyl (C=O) groups excluding carboxylic acids is 1. The zero-order valence-corrected chi connectivity index (χ0v) is 13.4. The van der Waals surface area contributed by atoms with Crippen molar-refractivity contribution in [3.63, 3.8) is 0 Å². The molecule has 0 aromatic heterocycles. The Labute approximate surface area is 128 Å². The molecular weight excluding hydrogens is 317 g/mol. The number of hydrogen-bond donors (Lipinski definition) is 0. The van der Waals surface area contributed by atoms with Crippen LogP contribution in [-0.4, -0.2) is 31.8 Å². The Hall–Kier alpha value is -1.14. The van der Waals surface area contributed by atoms with Crippen LogP contribution >= 0.6 is 10.7 Å². The first-order valence-corrected chi connectivity index (χ1v) is 9.07. The van der Waals surface area contributed by atoms with Crippen molar-refractivity contribution < 1.29 is 17.6 Å². The summed E-state index contributed by atoms with van der Waals surface area (Å²) >= 11 is 0. The molecule has 1 aliphatic heterocycles. The summed E-state index contributed by atoms with van der Waals surface area (Å²) in [6.07, 6.45) is 1.92. The monoisotopic (exact) mass is 333 g/mol. The van der Waals surface area contributed by atoms with Crippen LogP contribution in [0, 0.1) is 11.7 Å². The molecule has 1 amide bonds. The summed E-state index contributed by atoms with van der Waals surface area (Å²) < 4.78 is 36.2. The number of likely N-dealkylation sites (tertiary alicyclic amines) is 1. The fourth-order valence-electron chi connectivity index (χ4n) is 2.61. The second-order valence-corrected chi connectivity index (χ2v) is 8.04. The van der Waals surface area contributed by atoms with Crippen LogP contribution < -0.4 is 0 Å². The summed E-state index contributed by atoms with van der Waals surface area (Å²) in [5.41, 5.74) is 0.00942. The SMILES string of the molecule is CC1CCCN(C(=O)c2cc(F)cc(S(=O)(=O)Cl)c2)C1C. The minimum Gasteiger partial charge on any atom is -0.336 e. The van der Waals surface area contributed by atoms with Gasteiger partial charge in [0, 0.05) is 28.8 Å². The molecule has 1 fully saturated rings. The molecule has 1 aromatic rings. The smallest absolute Gasteiger partial charge is 0.261 e. The maximum absolute atomic E-state index is 13.6. The molecule has 1 aliphatic rings. The van der Waals surface area contributed by atoms with Crippen LogP contribution in [0.3, 0.4) is 0 Å². The molecule has 2 rings (SSSR count). The highest BCUT2D eigenvalue weighted by atomic mass is 35.7. The van der Waals surface area contributed by atoms with Gasteiger partial charge in [-0.05, 0) is 43.9 Å². The Morgan fingerprint density at radius 1 is 1.33 bits per heavy atom. The molecule has 116 valence electrons. The standard InChI is InChI=1S/C14H17ClFNO3S/c1-9-4-3-5-17(10(9)2)14(18)11-6-12(16)8-13(7-11)21(15,19)20/h6-10H,3-5H2,1-2H3. The second-order valence-electron chi connectivity index (χ2n) is 5.47. The summed E-state index contributed by atoms with van der Waals surface area (Å²) in [6.45, 7) is 4.59. The van der Waals surface area contributed by atoms with Gasteiger partial charge in [-0.1, -0.05) is 6.92 Å². The molecule has 21 heavy (non-hydrogen) atoms. The Kier molecular flexibility index (Phi) is 4.58. The zero-order chi connectivity index (χ0) is 15.8. The van der Waals surface area contributed by atoms with Crippen LogP contribution in [0.1, 0.15) is 37.0 Å². The summed E-state index contributed by atoms with van der Waals surface area (Å²) in [4.78, 5) is 13.8. The number of halogens is 2. The number of rotatable bonds is 2. The fourth-order valence-corrected chi connectivity index (χ4v) is 3.40.